The van der Waals surface area contributed by atoms with Gasteiger partial charge < -0.3 is 10.2 Å². The molecule has 2 heterocycles. The van der Waals surface area contributed by atoms with Crippen LogP contribution < -0.4 is 5.32 Å². The number of amidine groups is 1. The zero-order valence-electron chi connectivity index (χ0n) is 17.7. The van der Waals surface area contributed by atoms with Crippen LogP contribution in [0.5, 0.6) is 0 Å². The van der Waals surface area contributed by atoms with Gasteiger partial charge in [-0.1, -0.05) is 46.0 Å². The first-order valence-electron chi connectivity index (χ1n) is 11.0. The summed E-state index contributed by atoms with van der Waals surface area (Å²) in [7, 11) is 0. The second-order valence-corrected chi connectivity index (χ2v) is 9.68. The summed E-state index contributed by atoms with van der Waals surface area (Å²) in [6.07, 6.45) is 9.59. The molecule has 0 aromatic heterocycles. The molecule has 0 aliphatic carbocycles. The van der Waals surface area contributed by atoms with Crippen molar-refractivity contribution >= 4 is 40.3 Å². The Hall–Kier alpha value is -1.40. The van der Waals surface area contributed by atoms with Gasteiger partial charge in [0.2, 0.25) is 0 Å². The maximum atomic E-state index is 12.9. The van der Waals surface area contributed by atoms with Gasteiger partial charge in [0, 0.05) is 29.4 Å². The van der Waals surface area contributed by atoms with Crippen LogP contribution in [-0.2, 0) is 4.79 Å². The number of benzene rings is 1. The second-order valence-electron chi connectivity index (χ2n) is 7.54. The molecule has 29 heavy (non-hydrogen) atoms. The highest BCUT2D eigenvalue weighted by atomic mass is 32.2. The number of thioether (sulfide) groups is 2. The Morgan fingerprint density at radius 2 is 1.93 bits per heavy atom. The van der Waals surface area contributed by atoms with Gasteiger partial charge in [0.05, 0.1) is 4.91 Å². The first kappa shape index (κ1) is 22.3. The molecule has 0 atom stereocenters. The van der Waals surface area contributed by atoms with E-state index in [1.54, 1.807) is 0 Å². The van der Waals surface area contributed by atoms with Crippen molar-refractivity contribution in [3.05, 3.63) is 34.9 Å². The van der Waals surface area contributed by atoms with Crippen molar-refractivity contribution in [2.45, 2.75) is 70.1 Å². The van der Waals surface area contributed by atoms with E-state index >= 15 is 0 Å². The lowest BCUT2D eigenvalue weighted by atomic mass is 10.2. The monoisotopic (exact) mass is 431 g/mol. The van der Waals surface area contributed by atoms with E-state index < -0.39 is 0 Å². The van der Waals surface area contributed by atoms with Gasteiger partial charge in [-0.15, -0.1) is 11.8 Å². The number of allylic oxidation sites excluding steroid dienone is 1. The Morgan fingerprint density at radius 1 is 1.14 bits per heavy atom. The number of hydrogen-bond donors (Lipinski definition) is 1. The van der Waals surface area contributed by atoms with Gasteiger partial charge >= 0.3 is 0 Å². The predicted molar refractivity (Wildman–Crippen MR) is 128 cm³/mol. The highest BCUT2D eigenvalue weighted by molar-refractivity contribution is 8.18. The molecule has 0 unspecified atom stereocenters. The molecule has 1 aromatic carbocycles. The van der Waals surface area contributed by atoms with Crippen molar-refractivity contribution in [1.29, 1.82) is 0 Å². The maximum Gasteiger partial charge on any atom is 0.264 e. The minimum Gasteiger partial charge on any atom is -0.323 e. The summed E-state index contributed by atoms with van der Waals surface area (Å²) < 4.78 is 0. The molecule has 2 aliphatic heterocycles. The van der Waals surface area contributed by atoms with Gasteiger partial charge in [-0.05, 0) is 61.0 Å². The maximum absolute atomic E-state index is 12.9. The Labute approximate surface area is 184 Å². The van der Waals surface area contributed by atoms with Crippen molar-refractivity contribution in [2.24, 2.45) is 4.99 Å². The van der Waals surface area contributed by atoms with E-state index in [1.165, 1.54) is 48.8 Å². The van der Waals surface area contributed by atoms with Crippen LogP contribution in [-0.4, -0.2) is 34.8 Å². The molecular formula is C23H33N3OS2. The lowest BCUT2D eigenvalue weighted by Crippen LogP contribution is -2.29. The van der Waals surface area contributed by atoms with Crippen LogP contribution in [0.2, 0.25) is 0 Å². The number of hydrogen-bond acceptors (Lipinski definition) is 5. The van der Waals surface area contributed by atoms with Gasteiger partial charge in [0.15, 0.2) is 5.17 Å². The zero-order chi connectivity index (χ0) is 20.5. The van der Waals surface area contributed by atoms with E-state index in [1.807, 2.05) is 23.9 Å². The molecule has 158 valence electrons. The number of anilines is 1. The van der Waals surface area contributed by atoms with Gasteiger partial charge in [-0.3, -0.25) is 9.79 Å². The zero-order valence-corrected chi connectivity index (χ0v) is 19.3. The van der Waals surface area contributed by atoms with Crippen molar-refractivity contribution in [2.75, 3.05) is 24.2 Å². The van der Waals surface area contributed by atoms with Crippen molar-refractivity contribution < 1.29 is 4.79 Å². The third-order valence-corrected chi connectivity index (χ3v) is 7.38. The lowest BCUT2D eigenvalue weighted by molar-refractivity contribution is -0.112. The van der Waals surface area contributed by atoms with Crippen LogP contribution in [0, 0.1) is 0 Å². The van der Waals surface area contributed by atoms with Gasteiger partial charge in [-0.2, -0.15) is 0 Å². The van der Waals surface area contributed by atoms with E-state index in [-0.39, 0.29) is 5.91 Å². The third-order valence-electron chi connectivity index (χ3n) is 5.12. The van der Waals surface area contributed by atoms with Crippen molar-refractivity contribution in [3.8, 4) is 0 Å². The average molecular weight is 432 g/mol. The summed E-state index contributed by atoms with van der Waals surface area (Å²) in [6, 6.07) is 8.26. The van der Waals surface area contributed by atoms with Crippen LogP contribution in [0.4, 0.5) is 5.69 Å². The fraction of sp³-hybridized carbons (Fsp3) is 0.565. The molecule has 1 amide bonds. The van der Waals surface area contributed by atoms with Gasteiger partial charge in [0.25, 0.3) is 5.91 Å². The number of fused-ring (bicyclic) bond motifs is 1. The summed E-state index contributed by atoms with van der Waals surface area (Å²) in [5.41, 5.74) is 2.00. The minimum atomic E-state index is -0.00752. The molecule has 6 heteroatoms. The SMILES string of the molecule is CCCCCCCSc1ccc(NC(=O)C2=C(CCC)N3CCCN=C3S2)cc1. The van der Waals surface area contributed by atoms with Crippen LogP contribution in [0.15, 0.2) is 44.8 Å². The summed E-state index contributed by atoms with van der Waals surface area (Å²) in [4.78, 5) is 21.9. The molecule has 0 saturated carbocycles. The lowest BCUT2D eigenvalue weighted by Gasteiger charge is -2.25. The Balaban J connectivity index is 1.54. The van der Waals surface area contributed by atoms with E-state index in [4.69, 9.17) is 0 Å². The van der Waals surface area contributed by atoms with Crippen LogP contribution in [0.25, 0.3) is 0 Å². The molecule has 0 saturated heterocycles. The predicted octanol–water partition coefficient (Wildman–Crippen LogP) is 6.51. The number of nitrogens with one attached hydrogen (secondary N) is 1. The molecule has 3 rings (SSSR count). The van der Waals surface area contributed by atoms with Crippen LogP contribution >= 0.6 is 23.5 Å². The molecule has 0 bridgehead atoms. The molecular weight excluding hydrogens is 398 g/mol. The van der Waals surface area contributed by atoms with E-state index in [9.17, 15) is 4.79 Å². The summed E-state index contributed by atoms with van der Waals surface area (Å²) in [5, 5.41) is 4.09. The number of amides is 1. The normalized spacial score (nSPS) is 16.1. The fourth-order valence-corrected chi connectivity index (χ4v) is 5.61. The largest absolute Gasteiger partial charge is 0.323 e. The molecule has 4 nitrogen and oxygen atoms in total. The Morgan fingerprint density at radius 3 is 2.69 bits per heavy atom. The second kappa shape index (κ2) is 11.7. The smallest absolute Gasteiger partial charge is 0.264 e. The standard InChI is InChI=1S/C23H33N3OS2/c1-3-5-6-7-8-17-28-19-13-11-18(12-14-19)25-22(27)21-20(10-4-2)26-16-9-15-24-23(26)29-21/h11-14H,3-10,15-17H2,1-2H3,(H,25,27). The third kappa shape index (κ3) is 6.29. The molecule has 1 N–H and O–H groups in total. The summed E-state index contributed by atoms with van der Waals surface area (Å²) >= 11 is 3.43. The highest BCUT2D eigenvalue weighted by Gasteiger charge is 2.33. The first-order chi connectivity index (χ1) is 14.2. The number of carbonyl (C=O) groups excluding carboxylic acids is 1. The number of aliphatic imine (C=N–C) groups is 1. The number of rotatable bonds is 11. The quantitative estimate of drug-likeness (QED) is 0.320. The van der Waals surface area contributed by atoms with Crippen LogP contribution in [0.1, 0.15) is 65.2 Å². The number of nitrogens with zero attached hydrogens (tertiary/aromatic N) is 2. The number of carbonyl (C=O) groups is 1. The van der Waals surface area contributed by atoms with E-state index in [2.05, 4.69) is 41.2 Å². The van der Waals surface area contributed by atoms with Gasteiger partial charge in [0.1, 0.15) is 0 Å². The van der Waals surface area contributed by atoms with Gasteiger partial charge in [-0.25, -0.2) is 0 Å². The highest BCUT2D eigenvalue weighted by Crippen LogP contribution is 2.38. The first-order valence-corrected chi connectivity index (χ1v) is 12.8. The molecule has 0 radical (unpaired) electrons. The molecule has 0 spiro atoms. The molecule has 0 fully saturated rings. The summed E-state index contributed by atoms with van der Waals surface area (Å²) in [5.74, 6) is 1.16. The van der Waals surface area contributed by atoms with E-state index in [0.29, 0.717) is 0 Å². The van der Waals surface area contributed by atoms with Crippen molar-refractivity contribution in [1.82, 2.24) is 4.90 Å². The fourth-order valence-electron chi connectivity index (χ4n) is 3.58. The van der Waals surface area contributed by atoms with Crippen molar-refractivity contribution in [3.63, 3.8) is 0 Å². The Kier molecular flexibility index (Phi) is 8.99. The number of unbranched alkanes of at least 4 members (excludes halogenated alkanes) is 4. The molecule has 1 aromatic rings. The molecule has 2 aliphatic rings. The van der Waals surface area contributed by atoms with Crippen LogP contribution in [0.3, 0.4) is 0 Å². The summed E-state index contributed by atoms with van der Waals surface area (Å²) in [6.45, 7) is 6.25. The topological polar surface area (TPSA) is 44.7 Å². The Bertz CT molecular complexity index is 743. The van der Waals surface area contributed by atoms with E-state index in [0.717, 1.165) is 59.6 Å². The average Bonchev–Trinajstić information content (AvgIpc) is 3.11. The minimum absolute atomic E-state index is 0.00752.